The van der Waals surface area contributed by atoms with Crippen LogP contribution in [-0.2, 0) is 0 Å². The first-order valence-electron chi connectivity index (χ1n) is 3.08. The molecule has 0 aliphatic carbocycles. The second-order valence-corrected chi connectivity index (χ2v) is 3.42. The van der Waals surface area contributed by atoms with Crippen LogP contribution in [0.2, 0.25) is 0 Å². The molecule has 0 aliphatic heterocycles. The molecular formula is C6H9ClN2O2S. The summed E-state index contributed by atoms with van der Waals surface area (Å²) in [6.07, 6.45) is 1.35. The maximum atomic E-state index is 11.1. The number of halogens is 1. The number of carbonyl (C=O) groups is 1. The van der Waals surface area contributed by atoms with Gasteiger partial charge in [-0.2, -0.15) is 4.98 Å². The van der Waals surface area contributed by atoms with E-state index in [0.29, 0.717) is 0 Å². The fourth-order valence-corrected chi connectivity index (χ4v) is 1.48. The Balaban J connectivity index is 0.00000121. The van der Waals surface area contributed by atoms with E-state index in [0.717, 1.165) is 0 Å². The molecule has 0 aliphatic rings. The highest BCUT2D eigenvalue weighted by molar-refractivity contribution is 7.25. The van der Waals surface area contributed by atoms with Crippen molar-refractivity contribution >= 4 is 28.9 Å². The number of rotatable bonds is 2. The van der Waals surface area contributed by atoms with Crippen molar-refractivity contribution in [2.24, 2.45) is 5.73 Å². The normalized spacial score (nSPS) is 13.4. The Morgan fingerprint density at radius 1 is 1.83 bits per heavy atom. The molecule has 6 heteroatoms. The second-order valence-electron chi connectivity index (χ2n) is 2.17. The average Bonchev–Trinajstić information content (AvgIpc) is 2.33. The molecule has 68 valence electrons. The fraction of sp³-hybridized carbons (Fsp3) is 0.333. The van der Waals surface area contributed by atoms with Crippen molar-refractivity contribution in [3.8, 4) is 0 Å². The molecule has 1 aromatic heterocycles. The lowest BCUT2D eigenvalue weighted by atomic mass is 10.2. The van der Waals surface area contributed by atoms with E-state index in [-0.39, 0.29) is 23.2 Å². The van der Waals surface area contributed by atoms with Crippen molar-refractivity contribution in [1.29, 1.82) is 0 Å². The molecule has 0 fully saturated rings. The minimum Gasteiger partial charge on any atom is -0.589 e. The number of aromatic nitrogens is 1. The Labute approximate surface area is 79.0 Å². The summed E-state index contributed by atoms with van der Waals surface area (Å²) in [7, 11) is -1.37. The number of hydrogen-bond acceptors (Lipinski definition) is 4. The first kappa shape index (κ1) is 11.5. The van der Waals surface area contributed by atoms with E-state index in [1.54, 1.807) is 6.92 Å². The van der Waals surface area contributed by atoms with Crippen LogP contribution in [0.1, 0.15) is 16.7 Å². The van der Waals surface area contributed by atoms with Gasteiger partial charge in [-0.25, -0.2) is 0 Å². The summed E-state index contributed by atoms with van der Waals surface area (Å²) in [6, 6.07) is -0.627. The molecule has 4 nitrogen and oxygen atoms in total. The molecule has 2 N–H and O–H groups in total. The van der Waals surface area contributed by atoms with Crippen molar-refractivity contribution in [1.82, 2.24) is 4.98 Å². The van der Waals surface area contributed by atoms with Crippen LogP contribution >= 0.6 is 23.2 Å². The molecule has 0 radical (unpaired) electrons. The van der Waals surface area contributed by atoms with Crippen LogP contribution < -0.4 is 5.73 Å². The van der Waals surface area contributed by atoms with Crippen LogP contribution in [0.5, 0.6) is 0 Å². The number of ketones is 1. The van der Waals surface area contributed by atoms with Gasteiger partial charge in [-0.3, -0.25) is 4.79 Å². The smallest absolute Gasteiger partial charge is 0.310 e. The van der Waals surface area contributed by atoms with Crippen molar-refractivity contribution in [3.63, 3.8) is 0 Å². The lowest BCUT2D eigenvalue weighted by molar-refractivity contribution is 0.0967. The molecule has 0 bridgehead atoms. The van der Waals surface area contributed by atoms with Gasteiger partial charge in [0.2, 0.25) is 0 Å². The van der Waals surface area contributed by atoms with Gasteiger partial charge in [-0.1, -0.05) is 0 Å². The van der Waals surface area contributed by atoms with Crippen molar-refractivity contribution in [2.45, 2.75) is 13.0 Å². The highest BCUT2D eigenvalue weighted by Crippen LogP contribution is 2.17. The average molecular weight is 209 g/mol. The molecule has 1 aromatic rings. The SMILES string of the molecule is C[C@H](N)C(=O)c1ncc[s+]1[O-].Cl. The van der Waals surface area contributed by atoms with Gasteiger partial charge in [0.1, 0.15) is 0 Å². The lowest BCUT2D eigenvalue weighted by Crippen LogP contribution is -2.26. The van der Waals surface area contributed by atoms with Crippen LogP contribution in [0.15, 0.2) is 11.6 Å². The van der Waals surface area contributed by atoms with E-state index in [1.165, 1.54) is 11.6 Å². The molecule has 0 amide bonds. The fourth-order valence-electron chi connectivity index (χ4n) is 0.627. The minimum absolute atomic E-state index is 0. The minimum atomic E-state index is -1.37. The number of thiazole rings is 1. The third-order valence-electron chi connectivity index (χ3n) is 1.19. The summed E-state index contributed by atoms with van der Waals surface area (Å²) in [4.78, 5) is 14.7. The van der Waals surface area contributed by atoms with Crippen LogP contribution in [0, 0.1) is 0 Å². The van der Waals surface area contributed by atoms with E-state index in [9.17, 15) is 9.35 Å². The van der Waals surface area contributed by atoms with E-state index in [2.05, 4.69) is 4.98 Å². The van der Waals surface area contributed by atoms with Gasteiger partial charge >= 0.3 is 5.01 Å². The summed E-state index contributed by atoms with van der Waals surface area (Å²) in [5.74, 6) is -0.353. The Hall–Kier alpha value is -0.490. The molecule has 1 rings (SSSR count). The Morgan fingerprint density at radius 2 is 2.42 bits per heavy atom. The largest absolute Gasteiger partial charge is 0.589 e. The summed E-state index contributed by atoms with van der Waals surface area (Å²) in [6.45, 7) is 1.54. The molecule has 1 unspecified atom stereocenters. The molecule has 1 heterocycles. The van der Waals surface area contributed by atoms with Crippen molar-refractivity contribution in [3.05, 3.63) is 16.6 Å². The Bertz CT molecular complexity index is 274. The van der Waals surface area contributed by atoms with E-state index in [1.807, 2.05) is 0 Å². The van der Waals surface area contributed by atoms with Crippen LogP contribution in [0.4, 0.5) is 0 Å². The van der Waals surface area contributed by atoms with Crippen molar-refractivity contribution in [2.75, 3.05) is 0 Å². The number of nitrogens with zero attached hydrogens (tertiary/aromatic N) is 1. The van der Waals surface area contributed by atoms with Gasteiger partial charge in [0.05, 0.1) is 12.2 Å². The van der Waals surface area contributed by atoms with Crippen LogP contribution in [0.3, 0.4) is 0 Å². The third-order valence-corrected chi connectivity index (χ3v) is 2.25. The highest BCUT2D eigenvalue weighted by atomic mass is 35.5. The predicted octanol–water partition coefficient (Wildman–Crippen LogP) is 0.761. The topological polar surface area (TPSA) is 79.0 Å². The first-order chi connectivity index (χ1) is 5.13. The van der Waals surface area contributed by atoms with Gasteiger partial charge < -0.3 is 10.3 Å². The lowest BCUT2D eigenvalue weighted by Gasteiger charge is -1.97. The zero-order valence-corrected chi connectivity index (χ0v) is 8.02. The molecular weight excluding hydrogens is 200 g/mol. The van der Waals surface area contributed by atoms with Gasteiger partial charge in [0, 0.05) is 0 Å². The van der Waals surface area contributed by atoms with Crippen molar-refractivity contribution < 1.29 is 9.35 Å². The first-order valence-corrected chi connectivity index (χ1v) is 4.29. The molecule has 2 atom stereocenters. The standard InChI is InChI=1S/C6H8N2O2S.ClH/c1-4(7)5(9)6-8-2-3-11(6)10;/h2-4H,7H2,1H3;1H/t4-,11?;/m0./s1. The van der Waals surface area contributed by atoms with Crippen LogP contribution in [-0.4, -0.2) is 21.4 Å². The number of hydrogen-bond donors (Lipinski definition) is 1. The third kappa shape index (κ3) is 2.25. The maximum absolute atomic E-state index is 11.1. The zero-order valence-electron chi connectivity index (χ0n) is 6.39. The zero-order chi connectivity index (χ0) is 8.43. The monoisotopic (exact) mass is 208 g/mol. The van der Waals surface area contributed by atoms with Gasteiger partial charge in [0.15, 0.2) is 5.38 Å². The van der Waals surface area contributed by atoms with Crippen LogP contribution in [0.25, 0.3) is 0 Å². The molecule has 0 aromatic carbocycles. The summed E-state index contributed by atoms with van der Waals surface area (Å²) in [5, 5.41) is 1.41. The number of nitrogens with two attached hydrogens (primary N) is 1. The molecule has 12 heavy (non-hydrogen) atoms. The Morgan fingerprint density at radius 3 is 2.75 bits per heavy atom. The predicted molar refractivity (Wildman–Crippen MR) is 48.1 cm³/mol. The second kappa shape index (κ2) is 4.51. The van der Waals surface area contributed by atoms with Gasteiger partial charge in [-0.15, -0.1) is 12.4 Å². The van der Waals surface area contributed by atoms with Gasteiger partial charge in [-0.05, 0) is 17.7 Å². The van der Waals surface area contributed by atoms with E-state index >= 15 is 0 Å². The number of carbonyl (C=O) groups excluding carboxylic acids is 1. The summed E-state index contributed by atoms with van der Waals surface area (Å²) in [5.41, 5.74) is 5.29. The van der Waals surface area contributed by atoms with E-state index in [4.69, 9.17) is 5.73 Å². The van der Waals surface area contributed by atoms with E-state index < -0.39 is 16.8 Å². The van der Waals surface area contributed by atoms with Gasteiger partial charge in [0.25, 0.3) is 5.78 Å². The number of Topliss-reactive ketones (excluding diaryl/α,β-unsaturated/α-hetero) is 1. The summed E-state index contributed by atoms with van der Waals surface area (Å²) >= 11 is 0. The molecule has 0 saturated heterocycles. The Kier molecular flexibility index (Phi) is 4.33. The molecule has 0 spiro atoms. The molecule has 0 saturated carbocycles. The quantitative estimate of drug-likeness (QED) is 0.575. The highest BCUT2D eigenvalue weighted by Gasteiger charge is 2.20. The maximum Gasteiger partial charge on any atom is 0.310 e. The summed E-state index contributed by atoms with van der Waals surface area (Å²) < 4.78 is 10.9.